The first kappa shape index (κ1) is 24.5. The second-order valence-electron chi connectivity index (χ2n) is 10.9. The highest BCUT2D eigenvalue weighted by Crippen LogP contribution is 2.69. The van der Waals surface area contributed by atoms with E-state index in [2.05, 4.69) is 55.5 Å². The number of carbonyl (C=O) groups excluding carboxylic acids is 2. The number of rotatable bonds is 5. The summed E-state index contributed by atoms with van der Waals surface area (Å²) in [5, 5.41) is 0. The molecule has 4 aliphatic rings. The van der Waals surface area contributed by atoms with Crippen molar-refractivity contribution in [2.75, 3.05) is 27.3 Å². The van der Waals surface area contributed by atoms with Gasteiger partial charge in [0.1, 0.15) is 5.75 Å². The maximum Gasteiger partial charge on any atom is 0.314 e. The summed E-state index contributed by atoms with van der Waals surface area (Å²) in [5.41, 5.74) is 4.61. The van der Waals surface area contributed by atoms with Crippen LogP contribution in [0.4, 0.5) is 0 Å². The number of carbonyl (C=O) groups is 2. The Balaban J connectivity index is 1.46. The van der Waals surface area contributed by atoms with E-state index in [1.54, 1.807) is 19.3 Å². The van der Waals surface area contributed by atoms with E-state index in [4.69, 9.17) is 9.47 Å². The lowest BCUT2D eigenvalue weighted by Crippen LogP contribution is -2.60. The minimum absolute atomic E-state index is 0.0134. The first-order valence-electron chi connectivity index (χ1n) is 13.3. The van der Waals surface area contributed by atoms with Crippen LogP contribution in [0.3, 0.4) is 0 Å². The fourth-order valence-electron chi connectivity index (χ4n) is 7.72. The lowest BCUT2D eigenvalue weighted by Gasteiger charge is -2.59. The summed E-state index contributed by atoms with van der Waals surface area (Å²) >= 11 is 0. The summed E-state index contributed by atoms with van der Waals surface area (Å²) in [6.45, 7) is 2.95. The van der Waals surface area contributed by atoms with Crippen molar-refractivity contribution in [3.63, 3.8) is 0 Å². The van der Waals surface area contributed by atoms with Crippen LogP contribution >= 0.6 is 0 Å². The summed E-state index contributed by atoms with van der Waals surface area (Å²) in [7, 11) is 3.10. The molecule has 4 atom stereocenters. The van der Waals surface area contributed by atoms with Crippen molar-refractivity contribution in [1.29, 1.82) is 0 Å². The van der Waals surface area contributed by atoms with Gasteiger partial charge in [-0.25, -0.2) is 0 Å². The molecule has 3 aliphatic carbocycles. The molecule has 0 aromatic heterocycles. The van der Waals surface area contributed by atoms with E-state index in [0.717, 1.165) is 18.4 Å². The van der Waals surface area contributed by atoms with E-state index in [1.807, 2.05) is 29.2 Å². The van der Waals surface area contributed by atoms with Gasteiger partial charge >= 0.3 is 5.97 Å². The Hall–Kier alpha value is -3.86. The van der Waals surface area contributed by atoms with Gasteiger partial charge in [-0.2, -0.15) is 0 Å². The number of likely N-dealkylation sites (tertiary alicyclic amines) is 1. The third kappa shape index (κ3) is 3.37. The molecule has 3 aromatic carbocycles. The molecular formula is C33H33NO4. The zero-order valence-corrected chi connectivity index (χ0v) is 22.1. The van der Waals surface area contributed by atoms with Crippen molar-refractivity contribution in [3.05, 3.63) is 107 Å². The third-order valence-electron chi connectivity index (χ3n) is 9.33. The number of methoxy groups -OCH3 is 2. The standard InChI is InChI=1S/C33H33NO4/c1-22-12-15-24(16-13-22)32-19-18-27(25-9-5-6-10-26(25)32)33(31(36)38-3)21-34(20-29(32)33)30(35)17-14-23-8-4-7-11-28(23)37-2/h4-17,27,29H,18-21H2,1-3H3/b17-14+/t27-,29-,32-,33-/m0/s1. The number of nitrogens with zero attached hydrogens (tertiary/aromatic N) is 1. The minimum atomic E-state index is -0.791. The van der Waals surface area contributed by atoms with E-state index in [9.17, 15) is 9.59 Å². The predicted octanol–water partition coefficient (Wildman–Crippen LogP) is 5.51. The zero-order valence-electron chi connectivity index (χ0n) is 22.1. The maximum atomic E-state index is 13.8. The number of hydrogen-bond donors (Lipinski definition) is 0. The largest absolute Gasteiger partial charge is 0.496 e. The molecule has 38 heavy (non-hydrogen) atoms. The van der Waals surface area contributed by atoms with Gasteiger partial charge in [0.05, 0.1) is 19.6 Å². The molecule has 0 N–H and O–H groups in total. The number of amides is 1. The molecule has 7 rings (SSSR count). The molecule has 1 heterocycles. The van der Waals surface area contributed by atoms with E-state index >= 15 is 0 Å². The van der Waals surface area contributed by atoms with Crippen LogP contribution in [-0.2, 0) is 19.7 Å². The summed E-state index contributed by atoms with van der Waals surface area (Å²) in [4.78, 5) is 29.3. The van der Waals surface area contributed by atoms with Gasteiger partial charge in [0, 0.05) is 42.0 Å². The molecule has 1 amide bonds. The SMILES string of the molecule is COC(=O)[C@]12CN(C(=O)/C=C/c3ccccc3OC)C[C@H]1[C@]1(c3ccc(C)cc3)CC[C@H]2c2ccccc21. The molecule has 194 valence electrons. The minimum Gasteiger partial charge on any atom is -0.496 e. The zero-order chi connectivity index (χ0) is 26.5. The number of ether oxygens (including phenoxy) is 2. The van der Waals surface area contributed by atoms with Gasteiger partial charge in [-0.3, -0.25) is 9.59 Å². The van der Waals surface area contributed by atoms with Crippen LogP contribution in [0.5, 0.6) is 5.75 Å². The molecule has 5 heteroatoms. The van der Waals surface area contributed by atoms with Crippen LogP contribution in [0, 0.1) is 18.3 Å². The summed E-state index contributed by atoms with van der Waals surface area (Å²) in [6, 6.07) is 24.9. The van der Waals surface area contributed by atoms with E-state index in [0.29, 0.717) is 18.8 Å². The second kappa shape index (κ2) is 9.16. The fourth-order valence-corrected chi connectivity index (χ4v) is 7.72. The Morgan fingerprint density at radius 2 is 1.71 bits per heavy atom. The van der Waals surface area contributed by atoms with Gasteiger partial charge in [0.2, 0.25) is 5.91 Å². The molecule has 1 saturated heterocycles. The number of benzene rings is 3. The van der Waals surface area contributed by atoms with Gasteiger partial charge in [-0.15, -0.1) is 0 Å². The van der Waals surface area contributed by atoms with E-state index < -0.39 is 5.41 Å². The van der Waals surface area contributed by atoms with Crippen LogP contribution in [0.15, 0.2) is 78.9 Å². The van der Waals surface area contributed by atoms with Gasteiger partial charge in [-0.05, 0) is 48.6 Å². The summed E-state index contributed by atoms with van der Waals surface area (Å²) in [6.07, 6.45) is 5.23. The molecule has 0 radical (unpaired) electrons. The van der Waals surface area contributed by atoms with Crippen LogP contribution in [0.25, 0.3) is 6.08 Å². The number of para-hydroxylation sites is 1. The Labute approximate surface area is 224 Å². The van der Waals surface area contributed by atoms with E-state index in [1.165, 1.54) is 29.4 Å². The molecule has 0 spiro atoms. The summed E-state index contributed by atoms with van der Waals surface area (Å²) in [5.74, 6) is 0.338. The first-order valence-corrected chi connectivity index (χ1v) is 13.3. The number of hydrogen-bond acceptors (Lipinski definition) is 4. The smallest absolute Gasteiger partial charge is 0.314 e. The van der Waals surface area contributed by atoms with Crippen molar-refractivity contribution in [3.8, 4) is 5.75 Å². The molecule has 5 nitrogen and oxygen atoms in total. The summed E-state index contributed by atoms with van der Waals surface area (Å²) < 4.78 is 11.0. The van der Waals surface area contributed by atoms with Gasteiger partial charge in [-0.1, -0.05) is 72.3 Å². The van der Waals surface area contributed by atoms with Gasteiger partial charge in [0.25, 0.3) is 0 Å². The van der Waals surface area contributed by atoms with Crippen molar-refractivity contribution in [2.45, 2.75) is 31.1 Å². The van der Waals surface area contributed by atoms with E-state index in [-0.39, 0.29) is 29.1 Å². The average molecular weight is 508 g/mol. The van der Waals surface area contributed by atoms with Crippen LogP contribution in [-0.4, -0.2) is 44.1 Å². The van der Waals surface area contributed by atoms with Crippen molar-refractivity contribution >= 4 is 18.0 Å². The second-order valence-corrected chi connectivity index (χ2v) is 10.9. The van der Waals surface area contributed by atoms with Gasteiger partial charge in [0.15, 0.2) is 0 Å². The Kier molecular flexibility index (Phi) is 5.90. The molecule has 1 aliphatic heterocycles. The Bertz CT molecular complexity index is 1430. The predicted molar refractivity (Wildman–Crippen MR) is 147 cm³/mol. The van der Waals surface area contributed by atoms with Crippen LogP contribution in [0.2, 0.25) is 0 Å². The molecule has 1 saturated carbocycles. The number of aryl methyl sites for hydroxylation is 1. The molecular weight excluding hydrogens is 474 g/mol. The maximum absolute atomic E-state index is 13.8. The molecule has 2 bridgehead atoms. The molecule has 3 aromatic rings. The highest BCUT2D eigenvalue weighted by atomic mass is 16.5. The highest BCUT2D eigenvalue weighted by molar-refractivity contribution is 5.94. The topological polar surface area (TPSA) is 55.8 Å². The lowest BCUT2D eigenvalue weighted by atomic mass is 9.42. The van der Waals surface area contributed by atoms with Crippen LogP contribution in [0.1, 0.15) is 46.6 Å². The van der Waals surface area contributed by atoms with Gasteiger partial charge < -0.3 is 14.4 Å². The van der Waals surface area contributed by atoms with Crippen LogP contribution < -0.4 is 4.74 Å². The lowest BCUT2D eigenvalue weighted by molar-refractivity contribution is -0.161. The highest BCUT2D eigenvalue weighted by Gasteiger charge is 2.71. The molecule has 2 fully saturated rings. The fraction of sp³-hybridized carbons (Fsp3) is 0.333. The molecule has 0 unspecified atom stereocenters. The third-order valence-corrected chi connectivity index (χ3v) is 9.33. The Morgan fingerprint density at radius 3 is 2.47 bits per heavy atom. The number of esters is 1. The normalized spacial score (nSPS) is 27.2. The van der Waals surface area contributed by atoms with Crippen molar-refractivity contribution < 1.29 is 19.1 Å². The monoisotopic (exact) mass is 507 g/mol. The first-order chi connectivity index (χ1) is 18.5. The Morgan fingerprint density at radius 1 is 0.974 bits per heavy atom. The van der Waals surface area contributed by atoms with Crippen molar-refractivity contribution in [2.24, 2.45) is 11.3 Å². The van der Waals surface area contributed by atoms with Crippen molar-refractivity contribution in [1.82, 2.24) is 4.90 Å². The average Bonchev–Trinajstić information content (AvgIpc) is 3.40. The quantitative estimate of drug-likeness (QED) is 0.338. The number of fused-ring (bicyclic) bond motifs is 1.